The largest absolute Gasteiger partial charge is 0.490 e. The maximum atomic E-state index is 12.6. The molecule has 1 amide bonds. The zero-order chi connectivity index (χ0) is 15.4. The van der Waals surface area contributed by atoms with E-state index in [2.05, 4.69) is 4.90 Å². The number of rotatable bonds is 7. The molecule has 2 saturated carbocycles. The molecule has 120 valence electrons. The van der Waals surface area contributed by atoms with Crippen molar-refractivity contribution in [1.29, 1.82) is 0 Å². The highest BCUT2D eigenvalue weighted by Gasteiger charge is 2.38. The summed E-state index contributed by atoms with van der Waals surface area (Å²) >= 11 is 0. The average Bonchev–Trinajstić information content (AvgIpc) is 3.21. The lowest BCUT2D eigenvalue weighted by Crippen LogP contribution is -2.43. The summed E-state index contributed by atoms with van der Waals surface area (Å²) in [6, 6.07) is 8.44. The van der Waals surface area contributed by atoms with E-state index in [4.69, 9.17) is 9.47 Å². The van der Waals surface area contributed by atoms with E-state index in [1.165, 1.54) is 12.8 Å². The Hall–Kier alpha value is -1.71. The van der Waals surface area contributed by atoms with Crippen LogP contribution in [0.15, 0.2) is 24.3 Å². The summed E-state index contributed by atoms with van der Waals surface area (Å²) in [5.74, 6) is 1.48. The minimum Gasteiger partial charge on any atom is -0.490 e. The zero-order valence-corrected chi connectivity index (χ0v) is 13.3. The first-order chi connectivity index (χ1) is 10.8. The number of hydrogen-bond acceptors (Lipinski definition) is 3. The van der Waals surface area contributed by atoms with Gasteiger partial charge >= 0.3 is 0 Å². The number of benzene rings is 1. The number of carbonyl (C=O) groups excluding carboxylic acids is 1. The van der Waals surface area contributed by atoms with E-state index >= 15 is 0 Å². The molecule has 0 unspecified atom stereocenters. The Morgan fingerprint density at radius 2 is 1.64 bits per heavy atom. The highest BCUT2D eigenvalue weighted by molar-refractivity contribution is 5.79. The minimum atomic E-state index is 0.108. The molecule has 0 aromatic heterocycles. The average molecular weight is 303 g/mol. The van der Waals surface area contributed by atoms with Crippen LogP contribution in [0.3, 0.4) is 0 Å². The van der Waals surface area contributed by atoms with Crippen LogP contribution < -0.4 is 9.47 Å². The predicted octanol–water partition coefficient (Wildman–Crippen LogP) is 3.40. The van der Waals surface area contributed by atoms with Gasteiger partial charge in [-0.25, -0.2) is 0 Å². The summed E-state index contributed by atoms with van der Waals surface area (Å²) in [6.07, 6.45) is 7.09. The van der Waals surface area contributed by atoms with Gasteiger partial charge in [-0.15, -0.1) is 0 Å². The second-order valence-electron chi connectivity index (χ2n) is 6.14. The number of para-hydroxylation sites is 2. The SMILES string of the molecule is CCOc1ccccc1OCC(=O)N(C1CCCC1)C1CC1. The van der Waals surface area contributed by atoms with Crippen molar-refractivity contribution < 1.29 is 14.3 Å². The Bertz CT molecular complexity index is 507. The summed E-state index contributed by atoms with van der Waals surface area (Å²) in [7, 11) is 0. The quantitative estimate of drug-likeness (QED) is 0.775. The molecule has 2 aliphatic carbocycles. The van der Waals surface area contributed by atoms with Crippen molar-refractivity contribution in [2.45, 2.75) is 57.5 Å². The predicted molar refractivity (Wildman–Crippen MR) is 85.2 cm³/mol. The van der Waals surface area contributed by atoms with E-state index in [9.17, 15) is 4.79 Å². The van der Waals surface area contributed by atoms with E-state index in [0.29, 0.717) is 30.2 Å². The van der Waals surface area contributed by atoms with Crippen molar-refractivity contribution >= 4 is 5.91 Å². The third-order valence-electron chi connectivity index (χ3n) is 4.45. The molecule has 3 rings (SSSR count). The number of amides is 1. The maximum absolute atomic E-state index is 12.6. The molecular weight excluding hydrogens is 278 g/mol. The molecule has 0 saturated heterocycles. The van der Waals surface area contributed by atoms with Gasteiger partial charge in [0.15, 0.2) is 18.1 Å². The van der Waals surface area contributed by atoms with Gasteiger partial charge in [-0.3, -0.25) is 4.79 Å². The van der Waals surface area contributed by atoms with E-state index in [1.807, 2.05) is 31.2 Å². The van der Waals surface area contributed by atoms with Crippen LogP contribution in [0, 0.1) is 0 Å². The van der Waals surface area contributed by atoms with Crippen LogP contribution in [0.2, 0.25) is 0 Å². The van der Waals surface area contributed by atoms with Gasteiger partial charge in [-0.2, -0.15) is 0 Å². The summed E-state index contributed by atoms with van der Waals surface area (Å²) in [5, 5.41) is 0. The lowest BCUT2D eigenvalue weighted by molar-refractivity contribution is -0.136. The smallest absolute Gasteiger partial charge is 0.261 e. The monoisotopic (exact) mass is 303 g/mol. The first-order valence-corrected chi connectivity index (χ1v) is 8.45. The molecule has 0 aliphatic heterocycles. The Kier molecular flexibility index (Phi) is 4.86. The fourth-order valence-electron chi connectivity index (χ4n) is 3.30. The van der Waals surface area contributed by atoms with Gasteiger partial charge in [0.05, 0.1) is 6.61 Å². The molecule has 4 nitrogen and oxygen atoms in total. The standard InChI is InChI=1S/C18H25NO3/c1-2-21-16-9-5-6-10-17(16)22-13-18(20)19(15-11-12-15)14-7-3-4-8-14/h5-6,9-10,14-15H,2-4,7-8,11-13H2,1H3. The molecule has 0 atom stereocenters. The van der Waals surface area contributed by atoms with Gasteiger partial charge in [0.1, 0.15) is 0 Å². The van der Waals surface area contributed by atoms with Gasteiger partial charge in [-0.1, -0.05) is 25.0 Å². The van der Waals surface area contributed by atoms with Gasteiger partial charge in [0, 0.05) is 12.1 Å². The Labute approximate surface area is 132 Å². The van der Waals surface area contributed by atoms with E-state index in [0.717, 1.165) is 25.7 Å². The Morgan fingerprint density at radius 1 is 1.05 bits per heavy atom. The summed E-state index contributed by atoms with van der Waals surface area (Å²) in [5.41, 5.74) is 0. The third-order valence-corrected chi connectivity index (χ3v) is 4.45. The molecule has 2 fully saturated rings. The lowest BCUT2D eigenvalue weighted by Gasteiger charge is -2.29. The molecule has 2 aliphatic rings. The van der Waals surface area contributed by atoms with Gasteiger partial charge in [0.2, 0.25) is 0 Å². The molecule has 1 aromatic carbocycles. The van der Waals surface area contributed by atoms with Gasteiger partial charge in [-0.05, 0) is 44.7 Å². The van der Waals surface area contributed by atoms with E-state index in [1.54, 1.807) is 0 Å². The first-order valence-electron chi connectivity index (χ1n) is 8.45. The molecular formula is C18H25NO3. The van der Waals surface area contributed by atoms with Crippen LogP contribution in [0.1, 0.15) is 45.4 Å². The fourth-order valence-corrected chi connectivity index (χ4v) is 3.30. The molecule has 0 bridgehead atoms. The van der Waals surface area contributed by atoms with Crippen LogP contribution in [-0.4, -0.2) is 36.1 Å². The van der Waals surface area contributed by atoms with Crippen LogP contribution in [-0.2, 0) is 4.79 Å². The fraction of sp³-hybridized carbons (Fsp3) is 0.611. The van der Waals surface area contributed by atoms with Gasteiger partial charge in [0.25, 0.3) is 5.91 Å². The number of carbonyl (C=O) groups is 1. The number of nitrogens with zero attached hydrogens (tertiary/aromatic N) is 1. The maximum Gasteiger partial charge on any atom is 0.261 e. The van der Waals surface area contributed by atoms with E-state index in [-0.39, 0.29) is 12.5 Å². The molecule has 4 heteroatoms. The van der Waals surface area contributed by atoms with Crippen molar-refractivity contribution in [3.8, 4) is 11.5 Å². The Balaban J connectivity index is 1.61. The van der Waals surface area contributed by atoms with Gasteiger partial charge < -0.3 is 14.4 Å². The van der Waals surface area contributed by atoms with Crippen molar-refractivity contribution in [2.24, 2.45) is 0 Å². The molecule has 0 N–H and O–H groups in total. The first kappa shape index (κ1) is 15.2. The second-order valence-corrected chi connectivity index (χ2v) is 6.14. The summed E-state index contributed by atoms with van der Waals surface area (Å²) in [4.78, 5) is 14.7. The molecule has 1 aromatic rings. The topological polar surface area (TPSA) is 38.8 Å². The molecule has 0 spiro atoms. The second kappa shape index (κ2) is 7.03. The van der Waals surface area contributed by atoms with Crippen LogP contribution in [0.5, 0.6) is 11.5 Å². The van der Waals surface area contributed by atoms with Crippen molar-refractivity contribution in [3.63, 3.8) is 0 Å². The molecule has 0 heterocycles. The van der Waals surface area contributed by atoms with Crippen LogP contribution >= 0.6 is 0 Å². The van der Waals surface area contributed by atoms with Crippen LogP contribution in [0.25, 0.3) is 0 Å². The zero-order valence-electron chi connectivity index (χ0n) is 13.3. The number of hydrogen-bond donors (Lipinski definition) is 0. The Morgan fingerprint density at radius 3 is 2.23 bits per heavy atom. The number of ether oxygens (including phenoxy) is 2. The van der Waals surface area contributed by atoms with Crippen molar-refractivity contribution in [2.75, 3.05) is 13.2 Å². The highest BCUT2D eigenvalue weighted by atomic mass is 16.5. The van der Waals surface area contributed by atoms with E-state index < -0.39 is 0 Å². The third kappa shape index (κ3) is 3.54. The van der Waals surface area contributed by atoms with Crippen LogP contribution in [0.4, 0.5) is 0 Å². The highest BCUT2D eigenvalue weighted by Crippen LogP contribution is 2.34. The normalized spacial score (nSPS) is 18.2. The summed E-state index contributed by atoms with van der Waals surface area (Å²) < 4.78 is 11.3. The minimum absolute atomic E-state index is 0.108. The lowest BCUT2D eigenvalue weighted by atomic mass is 10.2. The summed E-state index contributed by atoms with van der Waals surface area (Å²) in [6.45, 7) is 2.64. The van der Waals surface area contributed by atoms with Crippen molar-refractivity contribution in [3.05, 3.63) is 24.3 Å². The molecule has 0 radical (unpaired) electrons. The van der Waals surface area contributed by atoms with Crippen molar-refractivity contribution in [1.82, 2.24) is 4.90 Å². The molecule has 22 heavy (non-hydrogen) atoms.